The average molecular weight is 304 g/mol. The summed E-state index contributed by atoms with van der Waals surface area (Å²) in [6.07, 6.45) is 1.06. The van der Waals surface area contributed by atoms with E-state index in [4.69, 9.17) is 0 Å². The van der Waals surface area contributed by atoms with Crippen molar-refractivity contribution in [3.8, 4) is 0 Å². The Kier molecular flexibility index (Phi) is 5.17. The van der Waals surface area contributed by atoms with Crippen molar-refractivity contribution >= 4 is 23.1 Å². The van der Waals surface area contributed by atoms with Gasteiger partial charge in [0.05, 0.1) is 6.04 Å². The maximum atomic E-state index is 4.54. The van der Waals surface area contributed by atoms with Gasteiger partial charge in [0.25, 0.3) is 0 Å². The van der Waals surface area contributed by atoms with Crippen LogP contribution in [0.15, 0.2) is 12.1 Å². The molecule has 2 rings (SSSR count). The van der Waals surface area contributed by atoms with Crippen LogP contribution in [0, 0.1) is 20.8 Å². The molecule has 0 aliphatic carbocycles. The molecule has 1 atom stereocenters. The molecular formula is C16H24N4S. The highest BCUT2D eigenvalue weighted by Gasteiger charge is 2.12. The molecule has 0 aliphatic rings. The van der Waals surface area contributed by atoms with Crippen LogP contribution in [0.25, 0.3) is 0 Å². The molecule has 0 radical (unpaired) electrons. The van der Waals surface area contributed by atoms with Crippen LogP contribution in [0.1, 0.15) is 47.3 Å². The molecule has 114 valence electrons. The van der Waals surface area contributed by atoms with E-state index in [0.29, 0.717) is 5.95 Å². The molecule has 0 saturated carbocycles. The first-order valence-corrected chi connectivity index (χ1v) is 8.24. The smallest absolute Gasteiger partial charge is 0.224 e. The molecule has 0 spiro atoms. The highest BCUT2D eigenvalue weighted by Crippen LogP contribution is 2.28. The summed E-state index contributed by atoms with van der Waals surface area (Å²) in [5.74, 6) is 1.57. The van der Waals surface area contributed by atoms with Crippen LogP contribution in [0.5, 0.6) is 0 Å². The van der Waals surface area contributed by atoms with Gasteiger partial charge in [0, 0.05) is 28.1 Å². The molecule has 0 fully saturated rings. The molecule has 0 saturated heterocycles. The van der Waals surface area contributed by atoms with Gasteiger partial charge >= 0.3 is 0 Å². The Morgan fingerprint density at radius 3 is 2.57 bits per heavy atom. The lowest BCUT2D eigenvalue weighted by Gasteiger charge is -2.16. The van der Waals surface area contributed by atoms with Crippen LogP contribution in [0.4, 0.5) is 11.8 Å². The van der Waals surface area contributed by atoms with Crippen molar-refractivity contribution in [3.05, 3.63) is 33.1 Å². The van der Waals surface area contributed by atoms with E-state index in [0.717, 1.165) is 24.5 Å². The fourth-order valence-corrected chi connectivity index (χ4v) is 3.36. The second-order valence-electron chi connectivity index (χ2n) is 5.38. The van der Waals surface area contributed by atoms with Gasteiger partial charge in [-0.25, -0.2) is 4.98 Å². The maximum absolute atomic E-state index is 4.54. The van der Waals surface area contributed by atoms with E-state index in [9.17, 15) is 0 Å². The third-order valence-corrected chi connectivity index (χ3v) is 4.28. The molecule has 21 heavy (non-hydrogen) atoms. The van der Waals surface area contributed by atoms with Crippen LogP contribution in [0.3, 0.4) is 0 Å². The number of nitrogens with zero attached hydrogens (tertiary/aromatic N) is 2. The van der Waals surface area contributed by atoms with Crippen molar-refractivity contribution in [3.63, 3.8) is 0 Å². The fourth-order valence-electron chi connectivity index (χ4n) is 2.34. The van der Waals surface area contributed by atoms with Gasteiger partial charge in [-0.3, -0.25) is 0 Å². The lowest BCUT2D eigenvalue weighted by atomic mass is 10.1. The first-order valence-electron chi connectivity index (χ1n) is 7.42. The van der Waals surface area contributed by atoms with Gasteiger partial charge < -0.3 is 10.6 Å². The van der Waals surface area contributed by atoms with Crippen molar-refractivity contribution in [2.45, 2.75) is 47.1 Å². The molecule has 2 heterocycles. The zero-order valence-electron chi connectivity index (χ0n) is 13.4. The molecule has 0 bridgehead atoms. The Bertz CT molecular complexity index is 606. The highest BCUT2D eigenvalue weighted by atomic mass is 32.1. The van der Waals surface area contributed by atoms with Gasteiger partial charge in [0.15, 0.2) is 0 Å². The molecule has 0 amide bonds. The SMILES string of the molecule is CCCNc1nc(C)cc(NC(C)c2cc(C)sc2C)n1. The van der Waals surface area contributed by atoms with Crippen LogP contribution >= 0.6 is 11.3 Å². The maximum Gasteiger partial charge on any atom is 0.224 e. The zero-order valence-corrected chi connectivity index (χ0v) is 14.3. The van der Waals surface area contributed by atoms with Gasteiger partial charge in [-0.05, 0) is 45.7 Å². The quantitative estimate of drug-likeness (QED) is 0.827. The number of nitrogens with one attached hydrogen (secondary N) is 2. The van der Waals surface area contributed by atoms with Gasteiger partial charge in [-0.2, -0.15) is 4.98 Å². The summed E-state index contributed by atoms with van der Waals surface area (Å²) in [5.41, 5.74) is 2.31. The summed E-state index contributed by atoms with van der Waals surface area (Å²) >= 11 is 1.84. The lowest BCUT2D eigenvalue weighted by Crippen LogP contribution is -2.11. The van der Waals surface area contributed by atoms with Gasteiger partial charge in [-0.15, -0.1) is 11.3 Å². The minimum atomic E-state index is 0.239. The minimum Gasteiger partial charge on any atom is -0.363 e. The molecule has 1 unspecified atom stereocenters. The molecule has 2 aromatic rings. The molecule has 2 aromatic heterocycles. The fraction of sp³-hybridized carbons (Fsp3) is 0.500. The number of anilines is 2. The van der Waals surface area contributed by atoms with E-state index in [2.05, 4.69) is 54.4 Å². The lowest BCUT2D eigenvalue weighted by molar-refractivity contribution is 0.865. The largest absolute Gasteiger partial charge is 0.363 e. The van der Waals surface area contributed by atoms with Crippen molar-refractivity contribution in [2.75, 3.05) is 17.2 Å². The first-order chi connectivity index (χ1) is 9.99. The summed E-state index contributed by atoms with van der Waals surface area (Å²) < 4.78 is 0. The second kappa shape index (κ2) is 6.89. The third-order valence-electron chi connectivity index (χ3n) is 3.30. The Balaban J connectivity index is 2.14. The normalized spacial score (nSPS) is 12.2. The van der Waals surface area contributed by atoms with Crippen molar-refractivity contribution in [1.29, 1.82) is 0 Å². The molecule has 0 aromatic carbocycles. The van der Waals surface area contributed by atoms with Crippen molar-refractivity contribution < 1.29 is 0 Å². The summed E-state index contributed by atoms with van der Waals surface area (Å²) in [6, 6.07) is 4.48. The Labute approximate surface area is 131 Å². The van der Waals surface area contributed by atoms with Crippen molar-refractivity contribution in [1.82, 2.24) is 9.97 Å². The number of thiophene rings is 1. The second-order valence-corrected chi connectivity index (χ2v) is 6.84. The predicted molar refractivity (Wildman–Crippen MR) is 91.4 cm³/mol. The van der Waals surface area contributed by atoms with E-state index in [1.165, 1.54) is 15.3 Å². The summed E-state index contributed by atoms with van der Waals surface area (Å²) in [5, 5.41) is 6.73. The van der Waals surface area contributed by atoms with Gasteiger partial charge in [-0.1, -0.05) is 6.92 Å². The third kappa shape index (κ3) is 4.17. The van der Waals surface area contributed by atoms with E-state index in [-0.39, 0.29) is 6.04 Å². The molecule has 5 heteroatoms. The number of hydrogen-bond donors (Lipinski definition) is 2. The number of hydrogen-bond acceptors (Lipinski definition) is 5. The Morgan fingerprint density at radius 2 is 1.95 bits per heavy atom. The number of rotatable bonds is 6. The van der Waals surface area contributed by atoms with E-state index in [1.54, 1.807) is 0 Å². The summed E-state index contributed by atoms with van der Waals surface area (Å²) in [7, 11) is 0. The zero-order chi connectivity index (χ0) is 15.4. The minimum absolute atomic E-state index is 0.239. The topological polar surface area (TPSA) is 49.8 Å². The molecular weight excluding hydrogens is 280 g/mol. The first kappa shape index (κ1) is 15.8. The van der Waals surface area contributed by atoms with Gasteiger partial charge in [0.2, 0.25) is 5.95 Å². The van der Waals surface area contributed by atoms with Crippen molar-refractivity contribution in [2.24, 2.45) is 0 Å². The van der Waals surface area contributed by atoms with Crippen LogP contribution in [0.2, 0.25) is 0 Å². The number of aryl methyl sites for hydroxylation is 3. The van der Waals surface area contributed by atoms with Crippen LogP contribution in [-0.2, 0) is 0 Å². The Morgan fingerprint density at radius 1 is 1.19 bits per heavy atom. The monoisotopic (exact) mass is 304 g/mol. The van der Waals surface area contributed by atoms with Crippen LogP contribution < -0.4 is 10.6 Å². The van der Waals surface area contributed by atoms with E-state index in [1.807, 2.05) is 24.3 Å². The summed E-state index contributed by atoms with van der Waals surface area (Å²) in [4.78, 5) is 11.7. The number of aromatic nitrogens is 2. The predicted octanol–water partition coefficient (Wildman–Crippen LogP) is 4.46. The summed E-state index contributed by atoms with van der Waals surface area (Å²) in [6.45, 7) is 11.5. The van der Waals surface area contributed by atoms with Gasteiger partial charge in [0.1, 0.15) is 5.82 Å². The molecule has 2 N–H and O–H groups in total. The average Bonchev–Trinajstić information content (AvgIpc) is 2.75. The standard InChI is InChI=1S/C16H24N4S/c1-6-7-17-16-18-10(2)8-15(20-16)19-12(4)14-9-11(3)21-13(14)5/h8-9,12H,6-7H2,1-5H3,(H2,17,18,19,20). The van der Waals surface area contributed by atoms with E-state index >= 15 is 0 Å². The highest BCUT2D eigenvalue weighted by molar-refractivity contribution is 7.12. The molecule has 0 aliphatic heterocycles. The Hall–Kier alpha value is -1.62. The van der Waals surface area contributed by atoms with E-state index < -0.39 is 0 Å². The van der Waals surface area contributed by atoms with Crippen LogP contribution in [-0.4, -0.2) is 16.5 Å². The molecule has 4 nitrogen and oxygen atoms in total.